The molecule has 27 heavy (non-hydrogen) atoms. The number of amides is 2. The highest BCUT2D eigenvalue weighted by atomic mass is 16.6. The third-order valence-electron chi connectivity index (χ3n) is 3.72. The van der Waals surface area contributed by atoms with E-state index >= 15 is 0 Å². The molecule has 0 radical (unpaired) electrons. The van der Waals surface area contributed by atoms with Gasteiger partial charge in [-0.2, -0.15) is 0 Å². The van der Waals surface area contributed by atoms with Crippen molar-refractivity contribution in [3.8, 4) is 0 Å². The van der Waals surface area contributed by atoms with Crippen LogP contribution in [0.5, 0.6) is 0 Å². The summed E-state index contributed by atoms with van der Waals surface area (Å²) in [5, 5.41) is 19.5. The minimum absolute atomic E-state index is 0.0431. The molecule has 138 valence electrons. The lowest BCUT2D eigenvalue weighted by molar-refractivity contribution is -0.384. The summed E-state index contributed by atoms with van der Waals surface area (Å²) < 4.78 is 5.25. The van der Waals surface area contributed by atoms with Crippen LogP contribution < -0.4 is 21.6 Å². The summed E-state index contributed by atoms with van der Waals surface area (Å²) in [4.78, 5) is 34.9. The number of nitrogens with one attached hydrogen (secondary N) is 3. The zero-order chi connectivity index (χ0) is 19.4. The van der Waals surface area contributed by atoms with Gasteiger partial charge in [0.1, 0.15) is 5.58 Å². The Kier molecular flexibility index (Phi) is 5.02. The first kappa shape index (κ1) is 17.9. The number of non-ortho nitro benzene ring substituents is 1. The highest BCUT2D eigenvalue weighted by Gasteiger charge is 2.17. The average molecular weight is 368 g/mol. The van der Waals surface area contributed by atoms with Crippen LogP contribution in [0.15, 0.2) is 57.7 Å². The number of fused-ring (bicyclic) bond motifs is 1. The highest BCUT2D eigenvalue weighted by molar-refractivity contribution is 6.05. The second-order valence-corrected chi connectivity index (χ2v) is 5.55. The van der Waals surface area contributed by atoms with Crippen molar-refractivity contribution in [2.45, 2.75) is 6.92 Å². The fourth-order valence-electron chi connectivity index (χ4n) is 2.60. The van der Waals surface area contributed by atoms with Crippen molar-refractivity contribution >= 4 is 39.7 Å². The number of benzene rings is 2. The van der Waals surface area contributed by atoms with Gasteiger partial charge in [-0.15, -0.1) is 0 Å². The van der Waals surface area contributed by atoms with Gasteiger partial charge in [0.25, 0.3) is 5.69 Å². The van der Waals surface area contributed by atoms with Gasteiger partial charge >= 0.3 is 11.7 Å². The number of hydrogen-bond donors (Lipinski definition) is 3. The SMILES string of the molecule is CCNc1c(NC(=O)Nc2cccc([N+](=O)[O-])c2)c(=O)oc2ccccc12. The monoisotopic (exact) mass is 368 g/mol. The summed E-state index contributed by atoms with van der Waals surface area (Å²) in [5.41, 5.74) is 0.141. The van der Waals surface area contributed by atoms with E-state index in [9.17, 15) is 19.7 Å². The smallest absolute Gasteiger partial charge is 0.362 e. The Morgan fingerprint density at radius 1 is 1.11 bits per heavy atom. The Morgan fingerprint density at radius 3 is 2.63 bits per heavy atom. The van der Waals surface area contributed by atoms with Crippen molar-refractivity contribution in [1.82, 2.24) is 0 Å². The molecule has 2 aromatic carbocycles. The Labute approximate surface area is 153 Å². The van der Waals surface area contributed by atoms with Gasteiger partial charge in [0.05, 0.1) is 10.6 Å². The van der Waals surface area contributed by atoms with E-state index in [2.05, 4.69) is 16.0 Å². The molecule has 0 saturated carbocycles. The Balaban J connectivity index is 1.91. The lowest BCUT2D eigenvalue weighted by Crippen LogP contribution is -2.24. The predicted molar refractivity (Wildman–Crippen MR) is 102 cm³/mol. The van der Waals surface area contributed by atoms with Crippen molar-refractivity contribution in [2.75, 3.05) is 22.5 Å². The van der Waals surface area contributed by atoms with Gasteiger partial charge < -0.3 is 15.1 Å². The van der Waals surface area contributed by atoms with Crippen LogP contribution in [0.2, 0.25) is 0 Å². The molecular weight excluding hydrogens is 352 g/mol. The van der Waals surface area contributed by atoms with Gasteiger partial charge in [-0.25, -0.2) is 9.59 Å². The van der Waals surface area contributed by atoms with Crippen LogP contribution in [0.3, 0.4) is 0 Å². The van der Waals surface area contributed by atoms with Gasteiger partial charge in [-0.1, -0.05) is 18.2 Å². The standard InChI is InChI=1S/C18H16N4O5/c1-2-19-15-13-8-3-4-9-14(13)27-17(23)16(15)21-18(24)20-11-6-5-7-12(10-11)22(25)26/h3-10,19H,2H2,1H3,(H2,20,21,24). The Morgan fingerprint density at radius 2 is 1.89 bits per heavy atom. The maximum atomic E-state index is 12.3. The minimum Gasteiger partial charge on any atom is -0.421 e. The van der Waals surface area contributed by atoms with Crippen molar-refractivity contribution in [1.29, 1.82) is 0 Å². The summed E-state index contributed by atoms with van der Waals surface area (Å²) in [5.74, 6) is 0. The van der Waals surface area contributed by atoms with E-state index in [0.717, 1.165) is 0 Å². The van der Waals surface area contributed by atoms with Crippen LogP contribution in [-0.4, -0.2) is 17.5 Å². The Hall–Kier alpha value is -3.88. The first-order chi connectivity index (χ1) is 13.0. The molecule has 1 heterocycles. The molecule has 0 bridgehead atoms. The van der Waals surface area contributed by atoms with E-state index in [1.807, 2.05) is 6.92 Å². The maximum Gasteiger partial charge on any atom is 0.362 e. The molecule has 9 nitrogen and oxygen atoms in total. The maximum absolute atomic E-state index is 12.3. The first-order valence-corrected chi connectivity index (χ1v) is 8.11. The zero-order valence-electron chi connectivity index (χ0n) is 14.3. The molecule has 0 atom stereocenters. The summed E-state index contributed by atoms with van der Waals surface area (Å²) in [7, 11) is 0. The van der Waals surface area contributed by atoms with Gasteiger partial charge in [0.2, 0.25) is 0 Å². The number of nitrogens with zero attached hydrogens (tertiary/aromatic N) is 1. The van der Waals surface area contributed by atoms with Crippen molar-refractivity contribution < 1.29 is 14.1 Å². The number of anilines is 3. The van der Waals surface area contributed by atoms with E-state index in [0.29, 0.717) is 23.2 Å². The zero-order valence-corrected chi connectivity index (χ0v) is 14.3. The van der Waals surface area contributed by atoms with Crippen molar-refractivity contribution in [2.24, 2.45) is 0 Å². The van der Waals surface area contributed by atoms with E-state index < -0.39 is 16.6 Å². The number of hydrogen-bond acceptors (Lipinski definition) is 6. The normalized spacial score (nSPS) is 10.4. The molecule has 0 saturated heterocycles. The molecule has 0 aliphatic rings. The second kappa shape index (κ2) is 7.56. The molecule has 2 amide bonds. The molecule has 3 N–H and O–H groups in total. The molecule has 0 unspecified atom stereocenters. The van der Waals surface area contributed by atoms with Gasteiger partial charge in [-0.3, -0.25) is 15.4 Å². The summed E-state index contributed by atoms with van der Waals surface area (Å²) >= 11 is 0. The van der Waals surface area contributed by atoms with E-state index in [4.69, 9.17) is 4.42 Å². The topological polar surface area (TPSA) is 127 Å². The lowest BCUT2D eigenvalue weighted by Gasteiger charge is -2.13. The third-order valence-corrected chi connectivity index (χ3v) is 3.72. The predicted octanol–water partition coefficient (Wildman–Crippen LogP) is 3.78. The van der Waals surface area contributed by atoms with Crippen molar-refractivity contribution in [3.63, 3.8) is 0 Å². The van der Waals surface area contributed by atoms with Crippen LogP contribution in [0.25, 0.3) is 11.0 Å². The molecule has 0 spiro atoms. The second-order valence-electron chi connectivity index (χ2n) is 5.55. The quantitative estimate of drug-likeness (QED) is 0.357. The van der Waals surface area contributed by atoms with Gasteiger partial charge in [0.15, 0.2) is 5.69 Å². The minimum atomic E-state index is -0.725. The van der Waals surface area contributed by atoms with Gasteiger partial charge in [-0.05, 0) is 25.1 Å². The molecule has 1 aromatic heterocycles. The van der Waals surface area contributed by atoms with Crippen LogP contribution in [0, 0.1) is 10.1 Å². The molecule has 3 rings (SSSR count). The lowest BCUT2D eigenvalue weighted by atomic mass is 10.2. The number of urea groups is 1. The summed E-state index contributed by atoms with van der Waals surface area (Å²) in [6.07, 6.45) is 0. The highest BCUT2D eigenvalue weighted by Crippen LogP contribution is 2.28. The summed E-state index contributed by atoms with van der Waals surface area (Å²) in [6.45, 7) is 2.38. The fraction of sp³-hybridized carbons (Fsp3) is 0.111. The largest absolute Gasteiger partial charge is 0.421 e. The number of nitro groups is 1. The first-order valence-electron chi connectivity index (χ1n) is 8.11. The van der Waals surface area contributed by atoms with E-state index in [1.54, 1.807) is 24.3 Å². The number of nitro benzene ring substituents is 1. The molecule has 9 heteroatoms. The van der Waals surface area contributed by atoms with Crippen LogP contribution in [-0.2, 0) is 0 Å². The molecule has 3 aromatic rings. The average Bonchev–Trinajstić information content (AvgIpc) is 2.64. The van der Waals surface area contributed by atoms with Crippen LogP contribution in [0.1, 0.15) is 6.92 Å². The number of para-hydroxylation sites is 1. The number of rotatable bonds is 5. The van der Waals surface area contributed by atoms with E-state index in [1.165, 1.54) is 24.3 Å². The summed E-state index contributed by atoms with van der Waals surface area (Å²) in [6, 6.07) is 11.7. The molecule has 0 aliphatic carbocycles. The van der Waals surface area contributed by atoms with Gasteiger partial charge in [0, 0.05) is 29.8 Å². The number of carbonyl (C=O) groups excluding carboxylic acids is 1. The Bertz CT molecular complexity index is 1080. The fourth-order valence-corrected chi connectivity index (χ4v) is 2.60. The van der Waals surface area contributed by atoms with Crippen molar-refractivity contribution in [3.05, 3.63) is 69.1 Å². The molecule has 0 aliphatic heterocycles. The third kappa shape index (κ3) is 3.87. The number of carbonyl (C=O) groups is 1. The van der Waals surface area contributed by atoms with Crippen LogP contribution in [0.4, 0.5) is 27.5 Å². The van der Waals surface area contributed by atoms with E-state index in [-0.39, 0.29) is 17.1 Å². The molecule has 0 fully saturated rings. The van der Waals surface area contributed by atoms with Crippen LogP contribution >= 0.6 is 0 Å². The molecular formula is C18H16N4O5.